The molecule has 1 unspecified atom stereocenters. The van der Waals surface area contributed by atoms with Gasteiger partial charge in [0.15, 0.2) is 0 Å². The summed E-state index contributed by atoms with van der Waals surface area (Å²) >= 11 is 0. The van der Waals surface area contributed by atoms with Crippen LogP contribution in [0.25, 0.3) is 0 Å². The second-order valence-corrected chi connectivity index (χ2v) is 6.15. The van der Waals surface area contributed by atoms with Crippen LogP contribution in [0.15, 0.2) is 30.6 Å². The number of hydrogen-bond acceptors (Lipinski definition) is 5. The molecule has 0 saturated carbocycles. The van der Waals surface area contributed by atoms with Crippen molar-refractivity contribution in [1.82, 2.24) is 14.9 Å². The number of nitrogens with zero attached hydrogens (tertiary/aromatic N) is 3. The molecule has 1 aromatic carbocycles. The zero-order valence-corrected chi connectivity index (χ0v) is 14.7. The van der Waals surface area contributed by atoms with Gasteiger partial charge in [-0.3, -0.25) is 0 Å². The number of aryl methyl sites for hydroxylation is 2. The highest BCUT2D eigenvalue weighted by atomic mass is 16.5. The molecular weight excluding hydrogens is 320 g/mol. The van der Waals surface area contributed by atoms with E-state index in [-0.39, 0.29) is 12.1 Å². The molecule has 132 valence electrons. The third kappa shape index (κ3) is 4.17. The Morgan fingerprint density at radius 3 is 2.52 bits per heavy atom. The van der Waals surface area contributed by atoms with E-state index in [2.05, 4.69) is 21.4 Å². The molecule has 25 heavy (non-hydrogen) atoms. The number of carbonyl (C=O) groups is 1. The van der Waals surface area contributed by atoms with Gasteiger partial charge in [0.05, 0.1) is 13.7 Å². The number of amides is 2. The molecule has 1 fully saturated rings. The molecule has 0 bridgehead atoms. The number of ether oxygens (including phenoxy) is 2. The maximum Gasteiger partial charge on any atom is 0.321 e. The first kappa shape index (κ1) is 17.0. The van der Waals surface area contributed by atoms with Crippen LogP contribution in [-0.2, 0) is 0 Å². The van der Waals surface area contributed by atoms with Gasteiger partial charge < -0.3 is 19.7 Å². The van der Waals surface area contributed by atoms with Gasteiger partial charge in [-0.15, -0.1) is 0 Å². The first-order chi connectivity index (χ1) is 12.0. The van der Waals surface area contributed by atoms with Crippen LogP contribution in [-0.4, -0.2) is 47.2 Å². The fraction of sp³-hybridized carbons (Fsp3) is 0.389. The predicted molar refractivity (Wildman–Crippen MR) is 94.1 cm³/mol. The van der Waals surface area contributed by atoms with Gasteiger partial charge in [0.2, 0.25) is 0 Å². The number of carbonyl (C=O) groups excluding carboxylic acids is 1. The summed E-state index contributed by atoms with van der Waals surface area (Å²) in [4.78, 5) is 22.4. The monoisotopic (exact) mass is 342 g/mol. The van der Waals surface area contributed by atoms with Crippen molar-refractivity contribution in [3.05, 3.63) is 41.7 Å². The molecule has 1 saturated heterocycles. The molecular formula is C18H22N4O3. The van der Waals surface area contributed by atoms with Crippen molar-refractivity contribution in [2.24, 2.45) is 0 Å². The molecule has 0 radical (unpaired) electrons. The summed E-state index contributed by atoms with van der Waals surface area (Å²) in [5.74, 6) is 0.701. The Hall–Kier alpha value is -2.83. The number of methoxy groups -OCH3 is 1. The van der Waals surface area contributed by atoms with Gasteiger partial charge in [-0.25, -0.2) is 14.8 Å². The van der Waals surface area contributed by atoms with Crippen molar-refractivity contribution in [2.45, 2.75) is 26.4 Å². The Kier molecular flexibility index (Phi) is 5.02. The minimum Gasteiger partial charge on any atom is -0.477 e. The van der Waals surface area contributed by atoms with Crippen LogP contribution in [0.5, 0.6) is 11.8 Å². The van der Waals surface area contributed by atoms with Gasteiger partial charge in [-0.2, -0.15) is 0 Å². The number of rotatable bonds is 4. The largest absolute Gasteiger partial charge is 0.477 e. The molecule has 1 aromatic heterocycles. The number of urea groups is 1. The second kappa shape index (κ2) is 7.38. The van der Waals surface area contributed by atoms with Crippen molar-refractivity contribution >= 4 is 11.7 Å². The van der Waals surface area contributed by atoms with Crippen LogP contribution in [0.2, 0.25) is 0 Å². The standard InChI is InChI=1S/C18H22N4O3/c1-12-8-13(2)10-14(9-12)21-18(23)22-7-4-15(11-22)25-17-16(24-3)19-5-6-20-17/h5-6,8-10,15H,4,7,11H2,1-3H3,(H,21,23). The van der Waals surface area contributed by atoms with E-state index < -0.39 is 0 Å². The molecule has 2 heterocycles. The lowest BCUT2D eigenvalue weighted by Gasteiger charge is -2.18. The summed E-state index contributed by atoms with van der Waals surface area (Å²) < 4.78 is 11.0. The average molecular weight is 342 g/mol. The molecule has 2 aromatic rings. The summed E-state index contributed by atoms with van der Waals surface area (Å²) in [5.41, 5.74) is 3.04. The van der Waals surface area contributed by atoms with Crippen molar-refractivity contribution in [2.75, 3.05) is 25.5 Å². The van der Waals surface area contributed by atoms with Crippen LogP contribution in [0.4, 0.5) is 10.5 Å². The number of benzene rings is 1. The molecule has 1 atom stereocenters. The average Bonchev–Trinajstić information content (AvgIpc) is 3.03. The number of hydrogen-bond donors (Lipinski definition) is 1. The van der Waals surface area contributed by atoms with Crippen LogP contribution in [0.3, 0.4) is 0 Å². The molecule has 1 N–H and O–H groups in total. The first-order valence-corrected chi connectivity index (χ1v) is 8.21. The highest BCUT2D eigenvalue weighted by Crippen LogP contribution is 2.24. The van der Waals surface area contributed by atoms with Crippen LogP contribution in [0, 0.1) is 13.8 Å². The number of aromatic nitrogens is 2. The first-order valence-electron chi connectivity index (χ1n) is 8.21. The van der Waals surface area contributed by atoms with Crippen LogP contribution >= 0.6 is 0 Å². The molecule has 1 aliphatic heterocycles. The smallest absolute Gasteiger partial charge is 0.321 e. The Morgan fingerprint density at radius 2 is 1.84 bits per heavy atom. The highest BCUT2D eigenvalue weighted by molar-refractivity contribution is 5.89. The van der Waals surface area contributed by atoms with E-state index in [4.69, 9.17) is 9.47 Å². The van der Waals surface area contributed by atoms with E-state index >= 15 is 0 Å². The van der Waals surface area contributed by atoms with Crippen molar-refractivity contribution in [1.29, 1.82) is 0 Å². The lowest BCUT2D eigenvalue weighted by Crippen LogP contribution is -2.34. The second-order valence-electron chi connectivity index (χ2n) is 6.15. The fourth-order valence-electron chi connectivity index (χ4n) is 2.95. The molecule has 1 aliphatic rings. The predicted octanol–water partition coefficient (Wildman–Crippen LogP) is 2.79. The topological polar surface area (TPSA) is 76.6 Å². The summed E-state index contributed by atoms with van der Waals surface area (Å²) in [6, 6.07) is 5.87. The lowest BCUT2D eigenvalue weighted by molar-refractivity contribution is 0.182. The zero-order valence-electron chi connectivity index (χ0n) is 14.7. The van der Waals surface area contributed by atoms with E-state index in [0.29, 0.717) is 24.8 Å². The van der Waals surface area contributed by atoms with Crippen LogP contribution in [0.1, 0.15) is 17.5 Å². The van der Waals surface area contributed by atoms with Crippen molar-refractivity contribution in [3.63, 3.8) is 0 Å². The minimum absolute atomic E-state index is 0.123. The molecule has 7 nitrogen and oxygen atoms in total. The number of nitrogens with one attached hydrogen (secondary N) is 1. The lowest BCUT2D eigenvalue weighted by atomic mass is 10.1. The van der Waals surface area contributed by atoms with E-state index in [1.54, 1.807) is 17.3 Å². The van der Waals surface area contributed by atoms with E-state index in [0.717, 1.165) is 23.2 Å². The maximum absolute atomic E-state index is 12.5. The van der Waals surface area contributed by atoms with E-state index in [9.17, 15) is 4.79 Å². The third-order valence-corrected chi connectivity index (χ3v) is 4.01. The van der Waals surface area contributed by atoms with Gasteiger partial charge in [-0.05, 0) is 37.1 Å². The van der Waals surface area contributed by atoms with Gasteiger partial charge in [-0.1, -0.05) is 6.07 Å². The fourth-order valence-corrected chi connectivity index (χ4v) is 2.95. The van der Waals surface area contributed by atoms with Crippen molar-refractivity contribution in [3.8, 4) is 11.8 Å². The molecule has 7 heteroatoms. The van der Waals surface area contributed by atoms with Gasteiger partial charge in [0, 0.05) is 31.0 Å². The number of likely N-dealkylation sites (tertiary alicyclic amines) is 1. The number of anilines is 1. The van der Waals surface area contributed by atoms with E-state index in [1.165, 1.54) is 7.11 Å². The SMILES string of the molecule is COc1nccnc1OC1CCN(C(=O)Nc2cc(C)cc(C)c2)C1. The Bertz CT molecular complexity index is 745. The van der Waals surface area contributed by atoms with Gasteiger partial charge >= 0.3 is 6.03 Å². The molecule has 3 rings (SSSR count). The summed E-state index contributed by atoms with van der Waals surface area (Å²) in [5, 5.41) is 2.95. The van der Waals surface area contributed by atoms with E-state index in [1.807, 2.05) is 26.0 Å². The molecule has 0 aliphatic carbocycles. The minimum atomic E-state index is -0.129. The summed E-state index contributed by atoms with van der Waals surface area (Å²) in [7, 11) is 1.52. The Morgan fingerprint density at radius 1 is 1.16 bits per heavy atom. The third-order valence-electron chi connectivity index (χ3n) is 4.01. The zero-order chi connectivity index (χ0) is 17.8. The summed E-state index contributed by atoms with van der Waals surface area (Å²) in [6.07, 6.45) is 3.71. The quantitative estimate of drug-likeness (QED) is 0.924. The maximum atomic E-state index is 12.5. The van der Waals surface area contributed by atoms with Gasteiger partial charge in [0.25, 0.3) is 11.8 Å². The van der Waals surface area contributed by atoms with Gasteiger partial charge in [0.1, 0.15) is 6.10 Å². The Labute approximate surface area is 147 Å². The normalized spacial score (nSPS) is 16.6. The highest BCUT2D eigenvalue weighted by Gasteiger charge is 2.29. The molecule has 0 spiro atoms. The summed E-state index contributed by atoms with van der Waals surface area (Å²) in [6.45, 7) is 5.15. The van der Waals surface area contributed by atoms with Crippen molar-refractivity contribution < 1.29 is 14.3 Å². The molecule has 2 amide bonds. The Balaban J connectivity index is 1.59. The van der Waals surface area contributed by atoms with Crippen LogP contribution < -0.4 is 14.8 Å².